The Balaban J connectivity index is 2.05. The van der Waals surface area contributed by atoms with Crippen molar-refractivity contribution in [3.8, 4) is 0 Å². The van der Waals surface area contributed by atoms with Gasteiger partial charge >= 0.3 is 11.9 Å². The summed E-state index contributed by atoms with van der Waals surface area (Å²) < 4.78 is 4.66. The summed E-state index contributed by atoms with van der Waals surface area (Å²) in [7, 11) is 0. The lowest BCUT2D eigenvalue weighted by molar-refractivity contribution is -0.155. The van der Waals surface area contributed by atoms with Gasteiger partial charge in [-0.15, -0.1) is 0 Å². The van der Waals surface area contributed by atoms with Crippen molar-refractivity contribution in [2.24, 2.45) is 23.7 Å². The van der Waals surface area contributed by atoms with Gasteiger partial charge in [-0.2, -0.15) is 0 Å². The Kier molecular flexibility index (Phi) is 1.75. The number of ether oxygens (including phenoxy) is 1. The first-order valence-corrected chi connectivity index (χ1v) is 5.46. The molecule has 4 aliphatic rings. The molecule has 1 heterocycles. The standard InChI is InChI=1S/C11H12O4/c12-7-4-2-5-1-3-6(7)9-8(5)10(13)15-11(9)14/h5-6,8-9H,1-4H2. The molecule has 0 aromatic heterocycles. The average molecular weight is 208 g/mol. The highest BCUT2D eigenvalue weighted by atomic mass is 16.6. The van der Waals surface area contributed by atoms with E-state index in [0.717, 1.165) is 19.3 Å². The van der Waals surface area contributed by atoms with Gasteiger partial charge in [0.2, 0.25) is 0 Å². The molecule has 4 heteroatoms. The van der Waals surface area contributed by atoms with Gasteiger partial charge < -0.3 is 4.74 Å². The number of hydrogen-bond acceptors (Lipinski definition) is 4. The van der Waals surface area contributed by atoms with Crippen LogP contribution in [0.25, 0.3) is 0 Å². The number of carbonyl (C=O) groups is 3. The van der Waals surface area contributed by atoms with Crippen LogP contribution in [0.3, 0.4) is 0 Å². The van der Waals surface area contributed by atoms with Crippen LogP contribution < -0.4 is 0 Å². The normalized spacial score (nSPS) is 43.9. The second-order valence-corrected chi connectivity index (χ2v) is 4.74. The lowest BCUT2D eigenvalue weighted by Crippen LogP contribution is -2.36. The zero-order chi connectivity index (χ0) is 10.6. The number of Topliss-reactive ketones (excluding diaryl/α,β-unsaturated/α-hetero) is 1. The smallest absolute Gasteiger partial charge is 0.318 e. The SMILES string of the molecule is O=C1CCC2CCC1C1C(=O)OC(=O)C21. The molecule has 3 aliphatic carbocycles. The Morgan fingerprint density at radius 3 is 2.47 bits per heavy atom. The minimum absolute atomic E-state index is 0.150. The number of hydrogen-bond donors (Lipinski definition) is 0. The third kappa shape index (κ3) is 1.10. The van der Waals surface area contributed by atoms with E-state index in [1.807, 2.05) is 0 Å². The lowest BCUT2D eigenvalue weighted by Gasteiger charge is -2.30. The molecule has 0 amide bonds. The van der Waals surface area contributed by atoms with Crippen molar-refractivity contribution in [2.45, 2.75) is 25.7 Å². The second kappa shape index (κ2) is 2.90. The fourth-order valence-corrected chi connectivity index (χ4v) is 3.38. The van der Waals surface area contributed by atoms with E-state index >= 15 is 0 Å². The van der Waals surface area contributed by atoms with E-state index in [1.54, 1.807) is 0 Å². The molecule has 4 nitrogen and oxygen atoms in total. The maximum atomic E-state index is 11.7. The van der Waals surface area contributed by atoms with Gasteiger partial charge in [0.25, 0.3) is 0 Å². The van der Waals surface area contributed by atoms with Crippen molar-refractivity contribution in [3.05, 3.63) is 0 Å². The predicted octanol–water partition coefficient (Wildman–Crippen LogP) is 0.691. The van der Waals surface area contributed by atoms with Crippen LogP contribution in [0, 0.1) is 23.7 Å². The number of esters is 2. The molecule has 0 aromatic carbocycles. The Labute approximate surface area is 87.0 Å². The van der Waals surface area contributed by atoms with E-state index in [1.165, 1.54) is 0 Å². The maximum absolute atomic E-state index is 11.7. The number of carbonyl (C=O) groups excluding carboxylic acids is 3. The molecule has 4 atom stereocenters. The monoisotopic (exact) mass is 208 g/mol. The molecule has 4 rings (SSSR count). The molecule has 0 N–H and O–H groups in total. The van der Waals surface area contributed by atoms with Crippen LogP contribution in [0.15, 0.2) is 0 Å². The second-order valence-electron chi connectivity index (χ2n) is 4.74. The quantitative estimate of drug-likeness (QED) is 0.434. The molecule has 1 saturated heterocycles. The number of ketones is 1. The van der Waals surface area contributed by atoms with Gasteiger partial charge in [-0.1, -0.05) is 0 Å². The van der Waals surface area contributed by atoms with E-state index in [-0.39, 0.29) is 23.5 Å². The van der Waals surface area contributed by atoms with Gasteiger partial charge in [-0.3, -0.25) is 14.4 Å². The van der Waals surface area contributed by atoms with Gasteiger partial charge in [0.1, 0.15) is 5.78 Å². The minimum Gasteiger partial charge on any atom is -0.393 e. The molecule has 0 spiro atoms. The summed E-state index contributed by atoms with van der Waals surface area (Å²) in [6.07, 6.45) is 2.93. The predicted molar refractivity (Wildman–Crippen MR) is 48.5 cm³/mol. The van der Waals surface area contributed by atoms with Crippen LogP contribution in [0.4, 0.5) is 0 Å². The zero-order valence-corrected chi connectivity index (χ0v) is 8.27. The summed E-state index contributed by atoms with van der Waals surface area (Å²) in [6, 6.07) is 0. The summed E-state index contributed by atoms with van der Waals surface area (Å²) in [5.41, 5.74) is 0. The van der Waals surface area contributed by atoms with E-state index in [2.05, 4.69) is 4.74 Å². The third-order valence-corrected chi connectivity index (χ3v) is 4.10. The average Bonchev–Trinajstić information content (AvgIpc) is 2.39. The Bertz CT molecular complexity index is 360. The molecule has 15 heavy (non-hydrogen) atoms. The first kappa shape index (κ1) is 9.07. The molecular formula is C11H12O4. The molecule has 0 radical (unpaired) electrons. The van der Waals surface area contributed by atoms with Crippen molar-refractivity contribution >= 4 is 17.7 Å². The molecule has 80 valence electrons. The van der Waals surface area contributed by atoms with Crippen molar-refractivity contribution in [2.75, 3.05) is 0 Å². The van der Waals surface area contributed by atoms with Crippen molar-refractivity contribution in [1.82, 2.24) is 0 Å². The van der Waals surface area contributed by atoms with Crippen LogP contribution in [0.5, 0.6) is 0 Å². The highest BCUT2D eigenvalue weighted by Crippen LogP contribution is 2.49. The molecule has 3 saturated carbocycles. The lowest BCUT2D eigenvalue weighted by atomic mass is 9.69. The minimum atomic E-state index is -0.463. The summed E-state index contributed by atoms with van der Waals surface area (Å²) in [6.45, 7) is 0. The highest BCUT2D eigenvalue weighted by Gasteiger charge is 2.57. The van der Waals surface area contributed by atoms with E-state index in [9.17, 15) is 14.4 Å². The summed E-state index contributed by atoms with van der Waals surface area (Å²) in [5.74, 6) is -1.53. The molecule has 2 bridgehead atoms. The molecule has 1 aliphatic heterocycles. The van der Waals surface area contributed by atoms with Crippen LogP contribution in [0.1, 0.15) is 25.7 Å². The van der Waals surface area contributed by atoms with Crippen LogP contribution in [0.2, 0.25) is 0 Å². The third-order valence-electron chi connectivity index (χ3n) is 4.10. The molecule has 4 unspecified atom stereocenters. The van der Waals surface area contributed by atoms with Crippen molar-refractivity contribution in [3.63, 3.8) is 0 Å². The summed E-state index contributed by atoms with van der Waals surface area (Å²) in [4.78, 5) is 34.8. The van der Waals surface area contributed by atoms with Crippen LogP contribution in [-0.4, -0.2) is 17.7 Å². The van der Waals surface area contributed by atoms with E-state index < -0.39 is 17.9 Å². The number of cyclic esters (lactones) is 2. The topological polar surface area (TPSA) is 60.4 Å². The first-order valence-electron chi connectivity index (χ1n) is 5.46. The van der Waals surface area contributed by atoms with Crippen LogP contribution >= 0.6 is 0 Å². The summed E-state index contributed by atoms with van der Waals surface area (Å²) in [5, 5.41) is 0. The van der Waals surface area contributed by atoms with Crippen molar-refractivity contribution < 1.29 is 19.1 Å². The Morgan fingerprint density at radius 2 is 1.67 bits per heavy atom. The van der Waals surface area contributed by atoms with Crippen molar-refractivity contribution in [1.29, 1.82) is 0 Å². The number of fused-ring (bicyclic) bond motifs is 3. The van der Waals surface area contributed by atoms with Gasteiger partial charge in [0.15, 0.2) is 0 Å². The Hall–Kier alpha value is -1.19. The van der Waals surface area contributed by atoms with Crippen LogP contribution in [-0.2, 0) is 19.1 Å². The molecule has 0 aromatic rings. The summed E-state index contributed by atoms with van der Waals surface area (Å²) >= 11 is 0. The molecular weight excluding hydrogens is 196 g/mol. The number of rotatable bonds is 0. The first-order chi connectivity index (χ1) is 7.18. The molecule has 4 fully saturated rings. The Morgan fingerprint density at radius 1 is 0.933 bits per heavy atom. The van der Waals surface area contributed by atoms with Gasteiger partial charge in [0, 0.05) is 12.3 Å². The highest BCUT2D eigenvalue weighted by molar-refractivity contribution is 6.00. The maximum Gasteiger partial charge on any atom is 0.318 e. The van der Waals surface area contributed by atoms with E-state index in [4.69, 9.17) is 0 Å². The van der Waals surface area contributed by atoms with Gasteiger partial charge in [-0.05, 0) is 25.2 Å². The van der Waals surface area contributed by atoms with Gasteiger partial charge in [-0.25, -0.2) is 0 Å². The van der Waals surface area contributed by atoms with E-state index in [0.29, 0.717) is 6.42 Å². The fourth-order valence-electron chi connectivity index (χ4n) is 3.38. The zero-order valence-electron chi connectivity index (χ0n) is 8.27. The van der Waals surface area contributed by atoms with Gasteiger partial charge in [0.05, 0.1) is 11.8 Å². The fraction of sp³-hybridized carbons (Fsp3) is 0.727. The largest absolute Gasteiger partial charge is 0.393 e.